The first-order chi connectivity index (χ1) is 15.8. The summed E-state index contributed by atoms with van der Waals surface area (Å²) in [6.45, 7) is 0.599. The standard InChI is InChI=1S/C22H27ClN4O4S2/c23-18-8-7-17(33-18)22(31)26-11-9-16(21(30)25-10-4-12-32-14-19(24)28)27-20(29)13-15-5-2-1-3-6-15/h1-3,5-8,16H,4,9-14H2,(H2,24,28)(H,25,30)(H,26,31)(H,27,29)/t16-/m0/s1. The van der Waals surface area contributed by atoms with Gasteiger partial charge in [-0.25, -0.2) is 0 Å². The minimum absolute atomic E-state index is 0.147. The smallest absolute Gasteiger partial charge is 0.261 e. The third kappa shape index (κ3) is 10.7. The average Bonchev–Trinajstić information content (AvgIpc) is 3.22. The number of hydrogen-bond acceptors (Lipinski definition) is 6. The zero-order valence-corrected chi connectivity index (χ0v) is 20.4. The van der Waals surface area contributed by atoms with Crippen LogP contribution >= 0.6 is 34.7 Å². The summed E-state index contributed by atoms with van der Waals surface area (Å²) in [6.07, 6.45) is 1.03. The molecule has 5 N–H and O–H groups in total. The summed E-state index contributed by atoms with van der Waals surface area (Å²) >= 11 is 8.43. The lowest BCUT2D eigenvalue weighted by atomic mass is 10.1. The van der Waals surface area contributed by atoms with Gasteiger partial charge in [-0.2, -0.15) is 11.8 Å². The molecule has 0 saturated carbocycles. The molecule has 1 heterocycles. The zero-order chi connectivity index (χ0) is 24.1. The van der Waals surface area contributed by atoms with E-state index in [4.69, 9.17) is 17.3 Å². The van der Waals surface area contributed by atoms with Crippen LogP contribution in [0.4, 0.5) is 0 Å². The van der Waals surface area contributed by atoms with Gasteiger partial charge in [-0.15, -0.1) is 11.3 Å². The van der Waals surface area contributed by atoms with Crippen LogP contribution in [0.15, 0.2) is 42.5 Å². The molecule has 0 aliphatic carbocycles. The normalized spacial score (nSPS) is 11.4. The van der Waals surface area contributed by atoms with Crippen LogP contribution in [0.1, 0.15) is 28.1 Å². The van der Waals surface area contributed by atoms with E-state index < -0.39 is 6.04 Å². The molecular weight excluding hydrogens is 484 g/mol. The average molecular weight is 511 g/mol. The first-order valence-electron chi connectivity index (χ1n) is 10.4. The maximum absolute atomic E-state index is 12.7. The quantitative estimate of drug-likeness (QED) is 0.289. The summed E-state index contributed by atoms with van der Waals surface area (Å²) in [6, 6.07) is 11.7. The van der Waals surface area contributed by atoms with Crippen molar-refractivity contribution in [2.24, 2.45) is 5.73 Å². The van der Waals surface area contributed by atoms with Crippen molar-refractivity contribution < 1.29 is 19.2 Å². The number of amides is 4. The molecule has 0 unspecified atom stereocenters. The van der Waals surface area contributed by atoms with Crippen molar-refractivity contribution in [3.8, 4) is 0 Å². The highest BCUT2D eigenvalue weighted by Gasteiger charge is 2.21. The van der Waals surface area contributed by atoms with Crippen molar-refractivity contribution in [3.63, 3.8) is 0 Å². The van der Waals surface area contributed by atoms with Gasteiger partial charge >= 0.3 is 0 Å². The number of carbonyl (C=O) groups excluding carboxylic acids is 4. The minimum atomic E-state index is -0.799. The van der Waals surface area contributed by atoms with E-state index in [1.54, 1.807) is 12.1 Å². The predicted octanol–water partition coefficient (Wildman–Crippen LogP) is 1.97. The Hall–Kier alpha value is -2.56. The van der Waals surface area contributed by atoms with Gasteiger partial charge in [0, 0.05) is 13.1 Å². The summed E-state index contributed by atoms with van der Waals surface area (Å²) < 4.78 is 0.513. The van der Waals surface area contributed by atoms with Crippen LogP contribution in [-0.4, -0.2) is 54.3 Å². The Labute approximate surface area is 206 Å². The number of primary amides is 1. The lowest BCUT2D eigenvalue weighted by Crippen LogP contribution is -2.48. The third-order valence-electron chi connectivity index (χ3n) is 4.38. The van der Waals surface area contributed by atoms with E-state index in [1.807, 2.05) is 30.3 Å². The van der Waals surface area contributed by atoms with Crippen LogP contribution in [0, 0.1) is 0 Å². The second-order valence-corrected chi connectivity index (χ2v) is 9.91. The number of carbonyl (C=O) groups is 4. The van der Waals surface area contributed by atoms with Crippen molar-refractivity contribution in [1.82, 2.24) is 16.0 Å². The lowest BCUT2D eigenvalue weighted by molar-refractivity contribution is -0.128. The van der Waals surface area contributed by atoms with Crippen LogP contribution in [-0.2, 0) is 20.8 Å². The second kappa shape index (κ2) is 14.6. The molecule has 0 aliphatic rings. The highest BCUT2D eigenvalue weighted by Crippen LogP contribution is 2.21. The molecule has 2 rings (SSSR count). The van der Waals surface area contributed by atoms with E-state index in [-0.39, 0.29) is 48.8 Å². The summed E-state index contributed by atoms with van der Waals surface area (Å²) in [5.74, 6) is -0.362. The number of thiophene rings is 1. The van der Waals surface area contributed by atoms with Crippen molar-refractivity contribution in [2.75, 3.05) is 24.6 Å². The lowest BCUT2D eigenvalue weighted by Gasteiger charge is -2.19. The van der Waals surface area contributed by atoms with Crippen LogP contribution < -0.4 is 21.7 Å². The maximum Gasteiger partial charge on any atom is 0.261 e. The first kappa shape index (κ1) is 26.7. The molecule has 11 heteroatoms. The number of rotatable bonds is 14. The molecule has 8 nitrogen and oxygen atoms in total. The number of nitrogens with two attached hydrogens (primary N) is 1. The molecule has 0 radical (unpaired) electrons. The predicted molar refractivity (Wildman–Crippen MR) is 133 cm³/mol. The van der Waals surface area contributed by atoms with Gasteiger partial charge in [0.25, 0.3) is 5.91 Å². The second-order valence-electron chi connectivity index (χ2n) is 7.09. The number of hydrogen-bond donors (Lipinski definition) is 4. The van der Waals surface area contributed by atoms with Gasteiger partial charge in [0.1, 0.15) is 6.04 Å². The van der Waals surface area contributed by atoms with Crippen molar-refractivity contribution >= 4 is 58.3 Å². The van der Waals surface area contributed by atoms with Gasteiger partial charge in [-0.05, 0) is 36.3 Å². The van der Waals surface area contributed by atoms with E-state index >= 15 is 0 Å². The van der Waals surface area contributed by atoms with E-state index in [2.05, 4.69) is 16.0 Å². The van der Waals surface area contributed by atoms with E-state index in [9.17, 15) is 19.2 Å². The molecule has 4 amide bonds. The Morgan fingerprint density at radius 3 is 2.45 bits per heavy atom. The van der Waals surface area contributed by atoms with Crippen molar-refractivity contribution in [2.45, 2.75) is 25.3 Å². The van der Waals surface area contributed by atoms with Gasteiger partial charge < -0.3 is 21.7 Å². The highest BCUT2D eigenvalue weighted by molar-refractivity contribution is 7.99. The Bertz CT molecular complexity index is 939. The summed E-state index contributed by atoms with van der Waals surface area (Å²) in [5, 5.41) is 8.31. The van der Waals surface area contributed by atoms with Crippen LogP contribution in [0.25, 0.3) is 0 Å². The fraction of sp³-hybridized carbons (Fsp3) is 0.364. The topological polar surface area (TPSA) is 130 Å². The van der Waals surface area contributed by atoms with E-state index in [1.165, 1.54) is 23.1 Å². The molecule has 33 heavy (non-hydrogen) atoms. The molecule has 1 atom stereocenters. The molecule has 0 fully saturated rings. The minimum Gasteiger partial charge on any atom is -0.369 e. The monoisotopic (exact) mass is 510 g/mol. The Morgan fingerprint density at radius 2 is 1.79 bits per heavy atom. The molecule has 1 aromatic carbocycles. The molecule has 0 aliphatic heterocycles. The molecule has 0 bridgehead atoms. The Balaban J connectivity index is 1.86. The van der Waals surface area contributed by atoms with Gasteiger partial charge in [0.05, 0.1) is 21.4 Å². The SMILES string of the molecule is NC(=O)CSCCCNC(=O)[C@H](CCNC(=O)c1ccc(Cl)s1)NC(=O)Cc1ccccc1. The van der Waals surface area contributed by atoms with Gasteiger partial charge in [0.15, 0.2) is 0 Å². The number of thioether (sulfide) groups is 1. The molecule has 0 spiro atoms. The van der Waals surface area contributed by atoms with Crippen LogP contribution in [0.2, 0.25) is 4.34 Å². The van der Waals surface area contributed by atoms with Crippen LogP contribution in [0.5, 0.6) is 0 Å². The number of halogens is 1. The largest absolute Gasteiger partial charge is 0.369 e. The van der Waals surface area contributed by atoms with Crippen molar-refractivity contribution in [3.05, 3.63) is 57.2 Å². The van der Waals surface area contributed by atoms with Crippen molar-refractivity contribution in [1.29, 1.82) is 0 Å². The molecule has 2 aromatic rings. The fourth-order valence-corrected chi connectivity index (χ4v) is 4.48. The molecule has 0 saturated heterocycles. The van der Waals surface area contributed by atoms with Crippen LogP contribution in [0.3, 0.4) is 0 Å². The fourth-order valence-electron chi connectivity index (χ4n) is 2.83. The Kier molecular flexibility index (Phi) is 11.8. The van der Waals surface area contributed by atoms with Gasteiger partial charge in [0.2, 0.25) is 17.7 Å². The van der Waals surface area contributed by atoms with Gasteiger partial charge in [-0.1, -0.05) is 41.9 Å². The Morgan fingerprint density at radius 1 is 1.03 bits per heavy atom. The number of benzene rings is 1. The third-order valence-corrected chi connectivity index (χ3v) is 6.68. The molecule has 178 valence electrons. The summed E-state index contributed by atoms with van der Waals surface area (Å²) in [4.78, 5) is 48.6. The zero-order valence-electron chi connectivity index (χ0n) is 18.0. The molecule has 1 aromatic heterocycles. The number of nitrogens with one attached hydrogen (secondary N) is 3. The van der Waals surface area contributed by atoms with E-state index in [0.717, 1.165) is 5.56 Å². The first-order valence-corrected chi connectivity index (χ1v) is 12.7. The maximum atomic E-state index is 12.7. The van der Waals surface area contributed by atoms with E-state index in [0.29, 0.717) is 27.9 Å². The highest BCUT2D eigenvalue weighted by atomic mass is 35.5. The molecular formula is C22H27ClN4O4S2. The summed E-state index contributed by atoms with van der Waals surface area (Å²) in [5.41, 5.74) is 5.93. The van der Waals surface area contributed by atoms with Gasteiger partial charge in [-0.3, -0.25) is 19.2 Å². The summed E-state index contributed by atoms with van der Waals surface area (Å²) in [7, 11) is 0.